The zero-order valence-corrected chi connectivity index (χ0v) is 14.6. The molecule has 0 aromatic carbocycles. The summed E-state index contributed by atoms with van der Waals surface area (Å²) in [5.41, 5.74) is 0.969. The molecule has 0 saturated heterocycles. The van der Waals surface area contributed by atoms with Gasteiger partial charge in [-0.3, -0.25) is 13.9 Å². The minimum absolute atomic E-state index is 0.126. The highest BCUT2D eigenvalue weighted by Crippen LogP contribution is 2.31. The fourth-order valence-electron chi connectivity index (χ4n) is 3.21. The highest BCUT2D eigenvalue weighted by molar-refractivity contribution is 5.70. The van der Waals surface area contributed by atoms with E-state index in [0.29, 0.717) is 22.8 Å². The van der Waals surface area contributed by atoms with Gasteiger partial charge in [0.25, 0.3) is 5.56 Å². The van der Waals surface area contributed by atoms with Crippen LogP contribution in [0.5, 0.6) is 0 Å². The van der Waals surface area contributed by atoms with Crippen LogP contribution in [0.15, 0.2) is 26.6 Å². The minimum atomic E-state index is -0.384. The maximum absolute atomic E-state index is 13.0. The lowest BCUT2D eigenvalue weighted by Crippen LogP contribution is -2.40. The van der Waals surface area contributed by atoms with Gasteiger partial charge in [0.05, 0.1) is 19.1 Å². The van der Waals surface area contributed by atoms with Crippen LogP contribution in [0.25, 0.3) is 11.2 Å². The second kappa shape index (κ2) is 5.72. The molecule has 0 amide bonds. The fourth-order valence-corrected chi connectivity index (χ4v) is 3.21. The summed E-state index contributed by atoms with van der Waals surface area (Å²) < 4.78 is 9.83. The molecular weight excluding hydrogens is 322 g/mol. The molecule has 8 nitrogen and oxygen atoms in total. The van der Waals surface area contributed by atoms with Crippen molar-refractivity contribution in [3.8, 4) is 0 Å². The van der Waals surface area contributed by atoms with Gasteiger partial charge in [0.15, 0.2) is 11.2 Å². The van der Waals surface area contributed by atoms with Gasteiger partial charge in [-0.25, -0.2) is 9.78 Å². The van der Waals surface area contributed by atoms with Crippen molar-refractivity contribution in [2.45, 2.75) is 45.7 Å². The number of aromatic nitrogens is 5. The van der Waals surface area contributed by atoms with Crippen LogP contribution < -0.4 is 11.2 Å². The number of hydrogen-bond acceptors (Lipinski definition) is 5. The predicted molar refractivity (Wildman–Crippen MR) is 91.7 cm³/mol. The molecule has 0 spiro atoms. The van der Waals surface area contributed by atoms with E-state index in [4.69, 9.17) is 4.52 Å². The summed E-state index contributed by atoms with van der Waals surface area (Å²) in [7, 11) is 1.64. The molecule has 0 atom stereocenters. The number of imidazole rings is 1. The van der Waals surface area contributed by atoms with Gasteiger partial charge in [-0.05, 0) is 18.8 Å². The minimum Gasteiger partial charge on any atom is -0.361 e. The van der Waals surface area contributed by atoms with Gasteiger partial charge in [-0.1, -0.05) is 19.0 Å². The molecule has 3 aromatic rings. The Morgan fingerprint density at radius 3 is 2.76 bits per heavy atom. The Morgan fingerprint density at radius 1 is 1.32 bits per heavy atom. The van der Waals surface area contributed by atoms with E-state index < -0.39 is 0 Å². The van der Waals surface area contributed by atoms with Gasteiger partial charge in [-0.2, -0.15) is 0 Å². The first-order valence-electron chi connectivity index (χ1n) is 8.55. The SMILES string of the molecule is CC(C)c1oncc1Cn1c(=O)c2c(ncn2CC2CC2)n(C)c1=O. The van der Waals surface area contributed by atoms with Crippen molar-refractivity contribution in [1.29, 1.82) is 0 Å². The molecule has 1 aliphatic rings. The third-order valence-electron chi connectivity index (χ3n) is 4.78. The van der Waals surface area contributed by atoms with Crippen LogP contribution in [0.3, 0.4) is 0 Å². The van der Waals surface area contributed by atoms with E-state index in [-0.39, 0.29) is 23.7 Å². The molecule has 1 fully saturated rings. The summed E-state index contributed by atoms with van der Waals surface area (Å²) in [6.07, 6.45) is 5.59. The topological polar surface area (TPSA) is 87.8 Å². The monoisotopic (exact) mass is 343 g/mol. The van der Waals surface area contributed by atoms with Crippen molar-refractivity contribution in [3.63, 3.8) is 0 Å². The van der Waals surface area contributed by atoms with Crippen LogP contribution in [0.4, 0.5) is 0 Å². The van der Waals surface area contributed by atoms with E-state index in [1.54, 1.807) is 19.6 Å². The summed E-state index contributed by atoms with van der Waals surface area (Å²) in [5.74, 6) is 1.43. The predicted octanol–water partition coefficient (Wildman–Crippen LogP) is 1.47. The lowest BCUT2D eigenvalue weighted by molar-refractivity contribution is 0.368. The standard InChI is InChI=1S/C17H21N5O3/c1-10(2)14-12(6-19-25-14)8-22-16(23)13-15(20(3)17(22)24)18-9-21(13)7-11-4-5-11/h6,9-11H,4-5,7-8H2,1-3H3. The average molecular weight is 343 g/mol. The summed E-state index contributed by atoms with van der Waals surface area (Å²) >= 11 is 0. The first kappa shape index (κ1) is 15.9. The Morgan fingerprint density at radius 2 is 2.08 bits per heavy atom. The van der Waals surface area contributed by atoms with Crippen LogP contribution in [-0.4, -0.2) is 23.8 Å². The lowest BCUT2D eigenvalue weighted by Gasteiger charge is -2.10. The summed E-state index contributed by atoms with van der Waals surface area (Å²) in [5, 5.41) is 3.82. The zero-order chi connectivity index (χ0) is 17.7. The van der Waals surface area contributed by atoms with Gasteiger partial charge in [0, 0.05) is 25.1 Å². The number of hydrogen-bond donors (Lipinski definition) is 0. The van der Waals surface area contributed by atoms with Crippen molar-refractivity contribution in [2.75, 3.05) is 0 Å². The third-order valence-corrected chi connectivity index (χ3v) is 4.78. The Kier molecular flexibility index (Phi) is 3.63. The Labute approximate surface area is 143 Å². The van der Waals surface area contributed by atoms with Crippen LogP contribution >= 0.6 is 0 Å². The summed E-state index contributed by atoms with van der Waals surface area (Å²) in [4.78, 5) is 30.0. The molecular formula is C17H21N5O3. The van der Waals surface area contributed by atoms with Crippen molar-refractivity contribution in [2.24, 2.45) is 13.0 Å². The van der Waals surface area contributed by atoms with Gasteiger partial charge >= 0.3 is 5.69 Å². The van der Waals surface area contributed by atoms with Gasteiger partial charge in [0.2, 0.25) is 0 Å². The highest BCUT2D eigenvalue weighted by Gasteiger charge is 2.25. The molecule has 4 rings (SSSR count). The molecule has 0 bridgehead atoms. The van der Waals surface area contributed by atoms with Gasteiger partial charge in [0.1, 0.15) is 5.76 Å². The molecule has 8 heteroatoms. The summed E-state index contributed by atoms with van der Waals surface area (Å²) in [6, 6.07) is 0. The van der Waals surface area contributed by atoms with E-state index in [1.165, 1.54) is 22.0 Å². The molecule has 0 N–H and O–H groups in total. The highest BCUT2D eigenvalue weighted by atomic mass is 16.5. The maximum atomic E-state index is 13.0. The van der Waals surface area contributed by atoms with E-state index >= 15 is 0 Å². The average Bonchev–Trinajstić information content (AvgIpc) is 3.09. The molecule has 1 saturated carbocycles. The lowest BCUT2D eigenvalue weighted by atomic mass is 10.1. The summed E-state index contributed by atoms with van der Waals surface area (Å²) in [6.45, 7) is 4.89. The Hall–Kier alpha value is -2.64. The second-order valence-corrected chi connectivity index (χ2v) is 7.12. The van der Waals surface area contributed by atoms with Crippen molar-refractivity contribution in [3.05, 3.63) is 44.7 Å². The number of rotatable bonds is 5. The molecule has 3 heterocycles. The van der Waals surface area contributed by atoms with Crippen molar-refractivity contribution in [1.82, 2.24) is 23.8 Å². The molecule has 0 unspecified atom stereocenters. The number of fused-ring (bicyclic) bond motifs is 1. The molecule has 0 radical (unpaired) electrons. The fraction of sp³-hybridized carbons (Fsp3) is 0.529. The molecule has 25 heavy (non-hydrogen) atoms. The quantitative estimate of drug-likeness (QED) is 0.700. The normalized spacial score (nSPS) is 14.7. The Bertz CT molecular complexity index is 1050. The van der Waals surface area contributed by atoms with E-state index in [0.717, 1.165) is 12.1 Å². The number of aryl methyl sites for hydroxylation is 1. The number of nitrogens with zero attached hydrogens (tertiary/aromatic N) is 5. The first-order chi connectivity index (χ1) is 12.0. The molecule has 3 aromatic heterocycles. The van der Waals surface area contributed by atoms with Crippen LogP contribution in [-0.2, 0) is 20.1 Å². The van der Waals surface area contributed by atoms with Crippen molar-refractivity contribution >= 4 is 11.2 Å². The third kappa shape index (κ3) is 2.61. The smallest absolute Gasteiger partial charge is 0.332 e. The van der Waals surface area contributed by atoms with Gasteiger partial charge in [-0.15, -0.1) is 0 Å². The first-order valence-corrected chi connectivity index (χ1v) is 8.55. The molecule has 0 aliphatic heterocycles. The largest absolute Gasteiger partial charge is 0.361 e. The van der Waals surface area contributed by atoms with E-state index in [1.807, 2.05) is 18.4 Å². The molecule has 1 aliphatic carbocycles. The van der Waals surface area contributed by atoms with E-state index in [2.05, 4.69) is 10.1 Å². The van der Waals surface area contributed by atoms with E-state index in [9.17, 15) is 9.59 Å². The maximum Gasteiger partial charge on any atom is 0.332 e. The van der Waals surface area contributed by atoms with Crippen LogP contribution in [0.2, 0.25) is 0 Å². The van der Waals surface area contributed by atoms with Crippen LogP contribution in [0.1, 0.15) is 43.9 Å². The zero-order valence-electron chi connectivity index (χ0n) is 14.6. The second-order valence-electron chi connectivity index (χ2n) is 7.12. The van der Waals surface area contributed by atoms with Crippen LogP contribution in [0, 0.1) is 5.92 Å². The van der Waals surface area contributed by atoms with Crippen molar-refractivity contribution < 1.29 is 4.52 Å². The van der Waals surface area contributed by atoms with Gasteiger partial charge < -0.3 is 9.09 Å². The Balaban J connectivity index is 1.86. The molecule has 132 valence electrons.